The molecular weight excluding hydrogens is 192 g/mol. The van der Waals surface area contributed by atoms with Gasteiger partial charge in [0, 0.05) is 11.3 Å². The van der Waals surface area contributed by atoms with E-state index in [1.165, 1.54) is 4.88 Å². The van der Waals surface area contributed by atoms with E-state index >= 15 is 0 Å². The van der Waals surface area contributed by atoms with Crippen molar-refractivity contribution >= 4 is 17.1 Å². The standard InChI is InChI=1S/C12H18OS/c1-4-5-9(2)8-11(13)12-7-6-10(3)14-12/h6-7,9H,4-5,8H2,1-3H3. The topological polar surface area (TPSA) is 17.1 Å². The summed E-state index contributed by atoms with van der Waals surface area (Å²) in [5, 5.41) is 0. The van der Waals surface area contributed by atoms with E-state index in [0.717, 1.165) is 17.7 Å². The first kappa shape index (κ1) is 11.4. The van der Waals surface area contributed by atoms with Gasteiger partial charge in [0.25, 0.3) is 0 Å². The third-order valence-corrected chi connectivity index (χ3v) is 3.37. The second-order valence-electron chi connectivity index (χ2n) is 3.93. The lowest BCUT2D eigenvalue weighted by Gasteiger charge is -2.07. The third kappa shape index (κ3) is 3.26. The maximum Gasteiger partial charge on any atom is 0.173 e. The molecule has 1 unspecified atom stereocenters. The predicted octanol–water partition coefficient (Wildman–Crippen LogP) is 4.07. The molecule has 1 atom stereocenters. The zero-order chi connectivity index (χ0) is 10.6. The number of carbonyl (C=O) groups is 1. The third-order valence-electron chi connectivity index (χ3n) is 2.33. The Balaban J connectivity index is 2.50. The average molecular weight is 210 g/mol. The highest BCUT2D eigenvalue weighted by molar-refractivity contribution is 7.14. The molecule has 0 N–H and O–H groups in total. The Hall–Kier alpha value is -0.630. The number of carbonyl (C=O) groups excluding carboxylic acids is 1. The van der Waals surface area contributed by atoms with Gasteiger partial charge in [-0.1, -0.05) is 26.7 Å². The van der Waals surface area contributed by atoms with Gasteiger partial charge in [-0.25, -0.2) is 0 Å². The first-order chi connectivity index (χ1) is 6.63. The highest BCUT2D eigenvalue weighted by Crippen LogP contribution is 2.20. The molecule has 0 saturated heterocycles. The summed E-state index contributed by atoms with van der Waals surface area (Å²) in [6.07, 6.45) is 3.02. The number of Topliss-reactive ketones (excluding diaryl/α,β-unsaturated/α-hetero) is 1. The lowest BCUT2D eigenvalue weighted by atomic mass is 9.99. The summed E-state index contributed by atoms with van der Waals surface area (Å²) in [5.41, 5.74) is 0. The Morgan fingerprint density at radius 1 is 1.50 bits per heavy atom. The average Bonchev–Trinajstić information content (AvgIpc) is 2.52. The molecule has 0 saturated carbocycles. The Morgan fingerprint density at radius 3 is 2.71 bits per heavy atom. The quantitative estimate of drug-likeness (QED) is 0.670. The van der Waals surface area contributed by atoms with Crippen LogP contribution in [0, 0.1) is 12.8 Å². The van der Waals surface area contributed by atoms with Gasteiger partial charge < -0.3 is 0 Å². The maximum atomic E-state index is 11.8. The molecule has 0 radical (unpaired) electrons. The molecule has 0 aliphatic heterocycles. The van der Waals surface area contributed by atoms with E-state index in [1.54, 1.807) is 11.3 Å². The summed E-state index contributed by atoms with van der Waals surface area (Å²) in [5.74, 6) is 0.832. The van der Waals surface area contributed by atoms with Crippen molar-refractivity contribution in [2.24, 2.45) is 5.92 Å². The zero-order valence-electron chi connectivity index (χ0n) is 9.17. The van der Waals surface area contributed by atoms with Crippen LogP contribution in [0.15, 0.2) is 12.1 Å². The smallest absolute Gasteiger partial charge is 0.173 e. The Morgan fingerprint density at radius 2 is 2.21 bits per heavy atom. The van der Waals surface area contributed by atoms with Gasteiger partial charge in [0.1, 0.15) is 0 Å². The first-order valence-corrected chi connectivity index (χ1v) is 6.04. The van der Waals surface area contributed by atoms with Crippen LogP contribution in [0.25, 0.3) is 0 Å². The van der Waals surface area contributed by atoms with Crippen molar-refractivity contribution in [1.29, 1.82) is 0 Å². The highest BCUT2D eigenvalue weighted by Gasteiger charge is 2.11. The summed E-state index contributed by atoms with van der Waals surface area (Å²) in [6, 6.07) is 3.96. The van der Waals surface area contributed by atoms with E-state index in [0.29, 0.717) is 18.1 Å². The van der Waals surface area contributed by atoms with Gasteiger partial charge in [0.2, 0.25) is 0 Å². The van der Waals surface area contributed by atoms with Crippen molar-refractivity contribution in [2.75, 3.05) is 0 Å². The van der Waals surface area contributed by atoms with Gasteiger partial charge in [-0.05, 0) is 25.0 Å². The predicted molar refractivity (Wildman–Crippen MR) is 62.1 cm³/mol. The van der Waals surface area contributed by atoms with Crippen LogP contribution >= 0.6 is 11.3 Å². The van der Waals surface area contributed by atoms with Gasteiger partial charge in [-0.3, -0.25) is 4.79 Å². The van der Waals surface area contributed by atoms with E-state index in [9.17, 15) is 4.79 Å². The lowest BCUT2D eigenvalue weighted by Crippen LogP contribution is -2.04. The Labute approximate surface area is 90.2 Å². The van der Waals surface area contributed by atoms with Gasteiger partial charge in [0.15, 0.2) is 5.78 Å². The molecule has 0 aliphatic rings. The Kier molecular flexibility index (Phi) is 4.33. The van der Waals surface area contributed by atoms with E-state index in [2.05, 4.69) is 13.8 Å². The van der Waals surface area contributed by atoms with Crippen molar-refractivity contribution in [1.82, 2.24) is 0 Å². The van der Waals surface area contributed by atoms with Crippen LogP contribution in [0.4, 0.5) is 0 Å². The summed E-state index contributed by atoms with van der Waals surface area (Å²) >= 11 is 1.61. The largest absolute Gasteiger partial charge is 0.293 e. The number of aryl methyl sites for hydroxylation is 1. The fourth-order valence-corrected chi connectivity index (χ4v) is 2.41. The van der Waals surface area contributed by atoms with Crippen molar-refractivity contribution in [3.8, 4) is 0 Å². The summed E-state index contributed by atoms with van der Waals surface area (Å²) < 4.78 is 0. The molecule has 0 aliphatic carbocycles. The minimum Gasteiger partial charge on any atom is -0.293 e. The minimum absolute atomic E-state index is 0.309. The van der Waals surface area contributed by atoms with Gasteiger partial charge >= 0.3 is 0 Å². The van der Waals surface area contributed by atoms with Crippen molar-refractivity contribution < 1.29 is 4.79 Å². The molecule has 0 bridgehead atoms. The normalized spacial score (nSPS) is 12.8. The minimum atomic E-state index is 0.309. The molecule has 0 amide bonds. The van der Waals surface area contributed by atoms with Crippen LogP contribution in [0.5, 0.6) is 0 Å². The lowest BCUT2D eigenvalue weighted by molar-refractivity contribution is 0.0966. The summed E-state index contributed by atoms with van der Waals surface area (Å²) in [4.78, 5) is 13.9. The molecule has 78 valence electrons. The molecule has 0 fully saturated rings. The molecule has 2 heteroatoms. The van der Waals surface area contributed by atoms with Gasteiger partial charge in [0.05, 0.1) is 4.88 Å². The summed E-state index contributed by atoms with van der Waals surface area (Å²) in [7, 11) is 0. The molecule has 0 spiro atoms. The number of ketones is 1. The molecule has 1 aromatic heterocycles. The highest BCUT2D eigenvalue weighted by atomic mass is 32.1. The van der Waals surface area contributed by atoms with Crippen LogP contribution in [0.2, 0.25) is 0 Å². The monoisotopic (exact) mass is 210 g/mol. The van der Waals surface area contributed by atoms with Crippen LogP contribution in [-0.2, 0) is 0 Å². The van der Waals surface area contributed by atoms with Crippen LogP contribution < -0.4 is 0 Å². The molecule has 1 nitrogen and oxygen atoms in total. The Bertz CT molecular complexity index is 301. The van der Waals surface area contributed by atoms with Crippen molar-refractivity contribution in [2.45, 2.75) is 40.0 Å². The molecule has 1 heterocycles. The molecule has 1 aromatic rings. The van der Waals surface area contributed by atoms with E-state index in [-0.39, 0.29) is 0 Å². The maximum absolute atomic E-state index is 11.8. The molecule has 0 aromatic carbocycles. The molecule has 14 heavy (non-hydrogen) atoms. The van der Waals surface area contributed by atoms with Crippen molar-refractivity contribution in [3.05, 3.63) is 21.9 Å². The second kappa shape index (κ2) is 5.30. The van der Waals surface area contributed by atoms with E-state index < -0.39 is 0 Å². The van der Waals surface area contributed by atoms with Gasteiger partial charge in [-0.2, -0.15) is 0 Å². The second-order valence-corrected chi connectivity index (χ2v) is 5.22. The van der Waals surface area contributed by atoms with Crippen molar-refractivity contribution in [3.63, 3.8) is 0 Å². The first-order valence-electron chi connectivity index (χ1n) is 5.23. The molecule has 1 rings (SSSR count). The fourth-order valence-electron chi connectivity index (χ4n) is 1.60. The summed E-state index contributed by atoms with van der Waals surface area (Å²) in [6.45, 7) is 6.36. The van der Waals surface area contributed by atoms with E-state index in [1.807, 2.05) is 19.1 Å². The molecular formula is C12H18OS. The van der Waals surface area contributed by atoms with Crippen LogP contribution in [0.3, 0.4) is 0 Å². The van der Waals surface area contributed by atoms with Crippen LogP contribution in [-0.4, -0.2) is 5.78 Å². The SMILES string of the molecule is CCCC(C)CC(=O)c1ccc(C)s1. The fraction of sp³-hybridized carbons (Fsp3) is 0.583. The van der Waals surface area contributed by atoms with E-state index in [4.69, 9.17) is 0 Å². The van der Waals surface area contributed by atoms with Crippen LogP contribution in [0.1, 0.15) is 47.7 Å². The number of hydrogen-bond acceptors (Lipinski definition) is 2. The number of rotatable bonds is 5. The number of thiophene rings is 1. The number of hydrogen-bond donors (Lipinski definition) is 0. The zero-order valence-corrected chi connectivity index (χ0v) is 9.99. The van der Waals surface area contributed by atoms with Gasteiger partial charge in [-0.15, -0.1) is 11.3 Å².